The van der Waals surface area contributed by atoms with Gasteiger partial charge in [0.25, 0.3) is 0 Å². The Bertz CT molecular complexity index is 443. The highest BCUT2D eigenvalue weighted by Gasteiger charge is 2.33. The van der Waals surface area contributed by atoms with Gasteiger partial charge in [-0.1, -0.05) is 0 Å². The summed E-state index contributed by atoms with van der Waals surface area (Å²) in [5, 5.41) is 8.08. The minimum absolute atomic E-state index is 0.163. The average molecular weight is 202 g/mol. The van der Waals surface area contributed by atoms with E-state index in [1.807, 2.05) is 12.1 Å². The second-order valence-corrected chi connectivity index (χ2v) is 3.70. The Hall–Kier alpha value is -1.78. The summed E-state index contributed by atoms with van der Waals surface area (Å²) in [7, 11) is 0. The van der Waals surface area contributed by atoms with Crippen molar-refractivity contribution in [2.75, 3.05) is 6.54 Å². The lowest BCUT2D eigenvalue weighted by Gasteiger charge is -2.20. The molecule has 0 aliphatic carbocycles. The highest BCUT2D eigenvalue weighted by Crippen LogP contribution is 2.37. The predicted octanol–water partition coefficient (Wildman–Crippen LogP) is 1.80. The average Bonchev–Trinajstić information content (AvgIpc) is 2.83. The predicted molar refractivity (Wildman–Crippen MR) is 52.4 cm³/mol. The summed E-state index contributed by atoms with van der Waals surface area (Å²) in [6.07, 6.45) is 3.00. The van der Waals surface area contributed by atoms with Crippen LogP contribution in [-0.2, 0) is 4.79 Å². The Morgan fingerprint density at radius 2 is 2.40 bits per heavy atom. The zero-order valence-electron chi connectivity index (χ0n) is 8.13. The number of hydrogen-bond acceptors (Lipinski definition) is 4. The Morgan fingerprint density at radius 3 is 3.20 bits per heavy atom. The number of pyridine rings is 1. The van der Waals surface area contributed by atoms with Crippen molar-refractivity contribution < 1.29 is 4.79 Å². The Labute approximate surface area is 86.8 Å². The van der Waals surface area contributed by atoms with Crippen LogP contribution in [0.25, 0.3) is 0 Å². The van der Waals surface area contributed by atoms with Crippen LogP contribution in [0.3, 0.4) is 0 Å². The maximum absolute atomic E-state index is 11.6. The first kappa shape index (κ1) is 8.52. The molecule has 5 heteroatoms. The molecule has 2 aliphatic heterocycles. The molecule has 1 saturated heterocycles. The van der Waals surface area contributed by atoms with Gasteiger partial charge in [0.1, 0.15) is 0 Å². The number of hydrogen-bond donors (Lipinski definition) is 0. The topological polar surface area (TPSA) is 57.9 Å². The minimum Gasteiger partial charge on any atom is -0.315 e. The summed E-state index contributed by atoms with van der Waals surface area (Å²) in [5.74, 6) is 0.804. The maximum atomic E-state index is 11.6. The monoisotopic (exact) mass is 202 g/mol. The van der Waals surface area contributed by atoms with Crippen molar-refractivity contribution >= 4 is 11.7 Å². The zero-order valence-corrected chi connectivity index (χ0v) is 8.13. The van der Waals surface area contributed by atoms with E-state index in [0.717, 1.165) is 18.5 Å². The summed E-state index contributed by atoms with van der Waals surface area (Å²) < 4.78 is 0. The van der Waals surface area contributed by atoms with Crippen molar-refractivity contribution in [2.24, 2.45) is 10.2 Å². The molecule has 3 heterocycles. The SMILES string of the molecule is O=C1CCCN1C1N=Nc2ncccc21. The van der Waals surface area contributed by atoms with Gasteiger partial charge in [0.15, 0.2) is 12.0 Å². The first-order valence-electron chi connectivity index (χ1n) is 5.01. The first-order valence-corrected chi connectivity index (χ1v) is 5.01. The van der Waals surface area contributed by atoms with E-state index in [1.165, 1.54) is 0 Å². The molecule has 0 radical (unpaired) electrons. The summed E-state index contributed by atoms with van der Waals surface area (Å²) in [5.41, 5.74) is 0.938. The van der Waals surface area contributed by atoms with E-state index in [4.69, 9.17) is 0 Å². The molecule has 1 atom stereocenters. The molecule has 76 valence electrons. The lowest BCUT2D eigenvalue weighted by molar-refractivity contribution is -0.129. The van der Waals surface area contributed by atoms with Crippen LogP contribution >= 0.6 is 0 Å². The van der Waals surface area contributed by atoms with Gasteiger partial charge >= 0.3 is 0 Å². The number of nitrogens with zero attached hydrogens (tertiary/aromatic N) is 4. The van der Waals surface area contributed by atoms with Crippen LogP contribution in [0.5, 0.6) is 0 Å². The Morgan fingerprint density at radius 1 is 1.47 bits per heavy atom. The first-order chi connectivity index (χ1) is 7.36. The number of rotatable bonds is 1. The van der Waals surface area contributed by atoms with Crippen LogP contribution in [0, 0.1) is 0 Å². The van der Waals surface area contributed by atoms with Crippen molar-refractivity contribution in [3.8, 4) is 0 Å². The van der Waals surface area contributed by atoms with Crippen LogP contribution in [0.4, 0.5) is 5.82 Å². The summed E-state index contributed by atoms with van der Waals surface area (Å²) in [6, 6.07) is 3.78. The normalized spacial score (nSPS) is 23.6. The molecule has 0 saturated carbocycles. The van der Waals surface area contributed by atoms with Gasteiger partial charge in [-0.05, 0) is 18.6 Å². The molecule has 5 nitrogen and oxygen atoms in total. The van der Waals surface area contributed by atoms with E-state index in [0.29, 0.717) is 12.2 Å². The number of aromatic nitrogens is 1. The third-order valence-corrected chi connectivity index (χ3v) is 2.76. The van der Waals surface area contributed by atoms with Crippen LogP contribution < -0.4 is 0 Å². The smallest absolute Gasteiger partial charge is 0.224 e. The van der Waals surface area contributed by atoms with Gasteiger partial charge in [-0.25, -0.2) is 4.98 Å². The molecule has 1 aromatic heterocycles. The number of azo groups is 1. The fourth-order valence-corrected chi connectivity index (χ4v) is 2.02. The van der Waals surface area contributed by atoms with Crippen LogP contribution in [0.1, 0.15) is 24.6 Å². The van der Waals surface area contributed by atoms with Crippen molar-refractivity contribution in [1.29, 1.82) is 0 Å². The summed E-state index contributed by atoms with van der Waals surface area (Å²) in [4.78, 5) is 17.5. The van der Waals surface area contributed by atoms with Gasteiger partial charge in [0.2, 0.25) is 5.91 Å². The lowest BCUT2D eigenvalue weighted by atomic mass is 10.2. The van der Waals surface area contributed by atoms with Gasteiger partial charge in [-0.2, -0.15) is 5.11 Å². The van der Waals surface area contributed by atoms with E-state index < -0.39 is 0 Å². The van der Waals surface area contributed by atoms with Gasteiger partial charge in [-0.15, -0.1) is 5.11 Å². The minimum atomic E-state index is -0.233. The highest BCUT2D eigenvalue weighted by atomic mass is 16.2. The van der Waals surface area contributed by atoms with Crippen LogP contribution in [-0.4, -0.2) is 22.3 Å². The molecule has 1 amide bonds. The van der Waals surface area contributed by atoms with E-state index >= 15 is 0 Å². The number of amides is 1. The van der Waals surface area contributed by atoms with E-state index in [2.05, 4.69) is 15.2 Å². The summed E-state index contributed by atoms with van der Waals surface area (Å²) in [6.45, 7) is 0.775. The molecule has 15 heavy (non-hydrogen) atoms. The molecule has 0 N–H and O–H groups in total. The molecular formula is C10H10N4O. The molecule has 0 bridgehead atoms. The zero-order chi connectivity index (χ0) is 10.3. The second-order valence-electron chi connectivity index (χ2n) is 3.70. The second kappa shape index (κ2) is 3.12. The summed E-state index contributed by atoms with van der Waals surface area (Å²) >= 11 is 0. The Kier molecular flexibility index (Phi) is 1.77. The van der Waals surface area contributed by atoms with Gasteiger partial charge in [-0.3, -0.25) is 4.79 Å². The van der Waals surface area contributed by atoms with Crippen molar-refractivity contribution in [1.82, 2.24) is 9.88 Å². The number of fused-ring (bicyclic) bond motifs is 1. The van der Waals surface area contributed by atoms with Gasteiger partial charge in [0.05, 0.1) is 0 Å². The van der Waals surface area contributed by atoms with E-state index in [1.54, 1.807) is 11.1 Å². The molecular weight excluding hydrogens is 192 g/mol. The van der Waals surface area contributed by atoms with Gasteiger partial charge in [0, 0.05) is 24.7 Å². The van der Waals surface area contributed by atoms with Crippen LogP contribution in [0.15, 0.2) is 28.6 Å². The number of carbonyl (C=O) groups is 1. The van der Waals surface area contributed by atoms with E-state index in [9.17, 15) is 4.79 Å². The molecule has 1 fully saturated rings. The molecule has 1 unspecified atom stereocenters. The Balaban J connectivity index is 1.97. The fraction of sp³-hybridized carbons (Fsp3) is 0.400. The van der Waals surface area contributed by atoms with Crippen molar-refractivity contribution in [3.05, 3.63) is 23.9 Å². The standard InChI is InChI=1S/C10H10N4O/c15-8-4-2-6-14(8)10-7-3-1-5-11-9(7)12-13-10/h1,3,5,10H,2,4,6H2. The van der Waals surface area contributed by atoms with Crippen molar-refractivity contribution in [3.63, 3.8) is 0 Å². The third-order valence-electron chi connectivity index (χ3n) is 2.76. The van der Waals surface area contributed by atoms with E-state index in [-0.39, 0.29) is 12.1 Å². The molecule has 3 rings (SSSR count). The van der Waals surface area contributed by atoms with Crippen LogP contribution in [0.2, 0.25) is 0 Å². The number of likely N-dealkylation sites (tertiary alicyclic amines) is 1. The molecule has 0 spiro atoms. The molecule has 0 aromatic carbocycles. The number of carbonyl (C=O) groups excluding carboxylic acids is 1. The third kappa shape index (κ3) is 1.23. The highest BCUT2D eigenvalue weighted by molar-refractivity contribution is 5.78. The molecule has 2 aliphatic rings. The fourth-order valence-electron chi connectivity index (χ4n) is 2.02. The maximum Gasteiger partial charge on any atom is 0.224 e. The molecule has 1 aromatic rings. The van der Waals surface area contributed by atoms with Crippen molar-refractivity contribution in [2.45, 2.75) is 19.0 Å². The lowest BCUT2D eigenvalue weighted by Crippen LogP contribution is -2.27. The van der Waals surface area contributed by atoms with Gasteiger partial charge < -0.3 is 4.90 Å². The quantitative estimate of drug-likeness (QED) is 0.697. The largest absolute Gasteiger partial charge is 0.315 e.